The fourth-order valence-electron chi connectivity index (χ4n) is 7.13. The van der Waals surface area contributed by atoms with Gasteiger partial charge in [0.2, 0.25) is 17.7 Å². The lowest BCUT2D eigenvalue weighted by molar-refractivity contribution is -0.353. The molecule has 180 valence electrons. The van der Waals surface area contributed by atoms with Crippen LogP contribution in [0, 0.1) is 23.0 Å². The van der Waals surface area contributed by atoms with Crippen LogP contribution in [0.5, 0.6) is 0 Å². The van der Waals surface area contributed by atoms with Crippen LogP contribution < -0.4 is 4.90 Å². The number of anilines is 1. The van der Waals surface area contributed by atoms with Crippen molar-refractivity contribution in [1.29, 1.82) is 0 Å². The molecule has 4 fully saturated rings. The molecule has 0 radical (unpaired) electrons. The normalized spacial score (nSPS) is 27.3. The summed E-state index contributed by atoms with van der Waals surface area (Å²) in [5.41, 5.74) is 4.19. The number of carbonyl (C=O) groups excluding carboxylic acids is 1. The number of hydrogen-bond donors (Lipinski definition) is 0. The molecule has 4 aliphatic rings. The molecule has 0 unspecified atom stereocenters. The third-order valence-electron chi connectivity index (χ3n) is 8.38. The molecule has 0 aliphatic heterocycles. The molecule has 3 aromatic rings. The molecular weight excluding hydrogens is 438 g/mol. The van der Waals surface area contributed by atoms with Crippen LogP contribution in [0.3, 0.4) is 0 Å². The van der Waals surface area contributed by atoms with E-state index in [0.717, 1.165) is 35.3 Å². The molecule has 7 rings (SSSR count). The number of aromatic nitrogens is 3. The second-order valence-corrected chi connectivity index (χ2v) is 11.0. The fraction of sp³-hybridized carbons (Fsp3) is 0.429. The third-order valence-corrected chi connectivity index (χ3v) is 8.38. The van der Waals surface area contributed by atoms with Gasteiger partial charge in [-0.3, -0.25) is 4.79 Å². The zero-order valence-electron chi connectivity index (χ0n) is 20.3. The Morgan fingerprint density at radius 1 is 1.00 bits per heavy atom. The van der Waals surface area contributed by atoms with Crippen LogP contribution in [0.1, 0.15) is 54.6 Å². The van der Waals surface area contributed by atoms with Gasteiger partial charge in [0.1, 0.15) is 0 Å². The molecule has 0 saturated heterocycles. The summed E-state index contributed by atoms with van der Waals surface area (Å²) < 4.78 is 2.59. The maximum atomic E-state index is 12.8. The number of rotatable bonds is 6. The summed E-state index contributed by atoms with van der Waals surface area (Å²) in [7, 11) is 3.88. The maximum absolute atomic E-state index is 12.8. The summed E-state index contributed by atoms with van der Waals surface area (Å²) in [6, 6.07) is 14.5. The van der Waals surface area contributed by atoms with Gasteiger partial charge in [0, 0.05) is 42.9 Å². The first-order valence-electron chi connectivity index (χ1n) is 12.5. The summed E-state index contributed by atoms with van der Waals surface area (Å²) in [5, 5.41) is 21.2. The van der Waals surface area contributed by atoms with Gasteiger partial charge in [0.25, 0.3) is 0 Å². The topological polar surface area (TPSA) is 77.1 Å². The fourth-order valence-corrected chi connectivity index (χ4v) is 7.13. The van der Waals surface area contributed by atoms with Gasteiger partial charge < -0.3 is 10.1 Å². The molecule has 2 aromatic carbocycles. The first-order chi connectivity index (χ1) is 16.9. The predicted molar refractivity (Wildman–Crippen MR) is 136 cm³/mol. The lowest BCUT2D eigenvalue weighted by atomic mass is 9.49. The molecule has 4 saturated carbocycles. The number of ketones is 1. The van der Waals surface area contributed by atoms with Crippen molar-refractivity contribution in [3.63, 3.8) is 0 Å². The van der Waals surface area contributed by atoms with E-state index in [1.807, 2.05) is 54.1 Å². The second-order valence-electron chi connectivity index (χ2n) is 11.0. The molecule has 7 heteroatoms. The number of hydrogen-bond acceptors (Lipinski definition) is 5. The largest absolute Gasteiger partial charge is 0.618 e. The predicted octanol–water partition coefficient (Wildman–Crippen LogP) is 4.90. The Balaban J connectivity index is 1.22. The van der Waals surface area contributed by atoms with Gasteiger partial charge >= 0.3 is 0 Å². The van der Waals surface area contributed by atoms with Gasteiger partial charge in [0.15, 0.2) is 0 Å². The number of benzene rings is 2. The van der Waals surface area contributed by atoms with Crippen LogP contribution in [0.15, 0.2) is 54.7 Å². The van der Waals surface area contributed by atoms with Gasteiger partial charge in [-0.2, -0.15) is 4.74 Å². The Kier molecular flexibility index (Phi) is 5.24. The Morgan fingerprint density at radius 2 is 1.60 bits per heavy atom. The molecular formula is C28H31N5O2. The van der Waals surface area contributed by atoms with Crippen molar-refractivity contribution in [1.82, 2.24) is 15.0 Å². The molecule has 0 amide bonds. The van der Waals surface area contributed by atoms with Crippen molar-refractivity contribution >= 4 is 23.4 Å². The molecule has 7 nitrogen and oxygen atoms in total. The van der Waals surface area contributed by atoms with Crippen molar-refractivity contribution in [2.75, 3.05) is 19.0 Å². The summed E-state index contributed by atoms with van der Waals surface area (Å²) >= 11 is 0. The molecule has 0 spiro atoms. The monoisotopic (exact) mass is 469 g/mol. The Morgan fingerprint density at radius 3 is 2.17 bits per heavy atom. The number of Topliss-reactive ketones (excluding diaryl/α,β-unsaturated/α-hetero) is 1. The van der Waals surface area contributed by atoms with Crippen molar-refractivity contribution in [2.24, 2.45) is 17.8 Å². The first kappa shape index (κ1) is 22.0. The molecule has 1 aromatic heterocycles. The lowest BCUT2D eigenvalue weighted by Gasteiger charge is -2.56. The second kappa shape index (κ2) is 8.33. The Hall–Kier alpha value is -3.48. The highest BCUT2D eigenvalue weighted by atomic mass is 16.5. The van der Waals surface area contributed by atoms with Crippen LogP contribution in [0.25, 0.3) is 5.69 Å². The Labute approximate surface area is 205 Å². The number of nitrogens with zero attached hydrogens (tertiary/aromatic N) is 5. The van der Waals surface area contributed by atoms with E-state index in [2.05, 4.69) is 10.3 Å². The maximum Gasteiger partial charge on any atom is 0.250 e. The van der Waals surface area contributed by atoms with Crippen molar-refractivity contribution in [3.05, 3.63) is 71.2 Å². The first-order valence-corrected chi connectivity index (χ1v) is 12.5. The van der Waals surface area contributed by atoms with Crippen LogP contribution in [0.4, 0.5) is 11.4 Å². The molecule has 35 heavy (non-hydrogen) atoms. The van der Waals surface area contributed by atoms with E-state index in [4.69, 9.17) is 0 Å². The van der Waals surface area contributed by atoms with E-state index >= 15 is 0 Å². The van der Waals surface area contributed by atoms with Crippen molar-refractivity contribution in [2.45, 2.75) is 43.9 Å². The van der Waals surface area contributed by atoms with Gasteiger partial charge in [-0.15, -0.1) is 5.10 Å². The highest BCUT2D eigenvalue weighted by Gasteiger charge is 2.53. The van der Waals surface area contributed by atoms with E-state index in [-0.39, 0.29) is 11.2 Å². The summed E-state index contributed by atoms with van der Waals surface area (Å²) in [6.45, 7) is 0. The minimum absolute atomic E-state index is 0.186. The zero-order chi connectivity index (χ0) is 24.2. The summed E-state index contributed by atoms with van der Waals surface area (Å²) in [5.74, 6) is 2.20. The molecule has 1 heterocycles. The lowest BCUT2D eigenvalue weighted by Crippen LogP contribution is -2.49. The minimum Gasteiger partial charge on any atom is -0.618 e. The van der Waals surface area contributed by atoms with Crippen LogP contribution in [-0.2, 0) is 5.41 Å². The molecule has 0 atom stereocenters. The van der Waals surface area contributed by atoms with Gasteiger partial charge in [-0.25, -0.2) is 4.68 Å². The quantitative estimate of drug-likeness (QED) is 0.169. The van der Waals surface area contributed by atoms with Crippen LogP contribution in [-0.4, -0.2) is 45.8 Å². The van der Waals surface area contributed by atoms with Gasteiger partial charge in [0.05, 0.1) is 17.6 Å². The standard InChI is InChI=1S/C28H31N5O2/c1-31(2)23-7-9-24(10-8-23)32(35)18-26(34)22-3-5-25(6-4-22)33-27(17-29-30-33)28-14-19-11-20(15-28)13-21(12-19)16-28/h3-10,17-21H,11-16H2,1-2H3/b32-18-. The summed E-state index contributed by atoms with van der Waals surface area (Å²) in [6.07, 6.45) is 11.0. The average molecular weight is 470 g/mol. The van der Waals surface area contributed by atoms with E-state index in [9.17, 15) is 10.0 Å². The highest BCUT2D eigenvalue weighted by Crippen LogP contribution is 2.60. The smallest absolute Gasteiger partial charge is 0.250 e. The zero-order valence-corrected chi connectivity index (χ0v) is 20.3. The van der Waals surface area contributed by atoms with Crippen LogP contribution in [0.2, 0.25) is 0 Å². The van der Waals surface area contributed by atoms with E-state index in [1.165, 1.54) is 44.2 Å². The molecule has 4 aliphatic carbocycles. The summed E-state index contributed by atoms with van der Waals surface area (Å²) in [4.78, 5) is 14.7. The van der Waals surface area contributed by atoms with Crippen LogP contribution >= 0.6 is 0 Å². The minimum atomic E-state index is -0.330. The SMILES string of the molecule is CN(C)c1ccc(/[N+]([O-])=C/C(=O)c2ccc(-n3nncc3C34CC5CC(CC(C5)C3)C4)cc2)cc1. The third kappa shape index (κ3) is 3.93. The van der Waals surface area contributed by atoms with Gasteiger partial charge in [-0.1, -0.05) is 5.21 Å². The van der Waals surface area contributed by atoms with Crippen molar-refractivity contribution < 1.29 is 9.53 Å². The van der Waals surface area contributed by atoms with E-state index in [0.29, 0.717) is 16.0 Å². The van der Waals surface area contributed by atoms with E-state index in [1.54, 1.807) is 24.3 Å². The van der Waals surface area contributed by atoms with E-state index < -0.39 is 0 Å². The Bertz CT molecular complexity index is 1240. The van der Waals surface area contributed by atoms with Gasteiger partial charge in [-0.05, 0) is 92.7 Å². The molecule has 4 bridgehead atoms. The number of carbonyl (C=O) groups is 1. The highest BCUT2D eigenvalue weighted by molar-refractivity contribution is 6.33. The molecule has 0 N–H and O–H groups in total. The average Bonchev–Trinajstić information content (AvgIpc) is 3.34. The van der Waals surface area contributed by atoms with Crippen molar-refractivity contribution in [3.8, 4) is 5.69 Å².